The van der Waals surface area contributed by atoms with E-state index in [2.05, 4.69) is 48.5 Å². The van der Waals surface area contributed by atoms with Crippen LogP contribution < -0.4 is 0 Å². The van der Waals surface area contributed by atoms with Crippen molar-refractivity contribution in [2.24, 2.45) is 0 Å². The second-order valence-electron chi connectivity index (χ2n) is 5.48. The molecule has 0 aliphatic heterocycles. The zero-order chi connectivity index (χ0) is 19.5. The average molecular weight is 379 g/mol. The van der Waals surface area contributed by atoms with Crippen molar-refractivity contribution in [1.29, 1.82) is 0 Å². The SMILES string of the molecule is O=[P+](O)O.Oc1cccc2ccccc12.c1ccc(-c2ccccc2)cc1. The second kappa shape index (κ2) is 10.8. The van der Waals surface area contributed by atoms with Gasteiger partial charge < -0.3 is 5.11 Å². The van der Waals surface area contributed by atoms with Crippen molar-refractivity contribution in [1.82, 2.24) is 0 Å². The van der Waals surface area contributed by atoms with E-state index in [1.165, 1.54) is 11.1 Å². The van der Waals surface area contributed by atoms with E-state index in [4.69, 9.17) is 14.4 Å². The number of fused-ring (bicyclic) bond motifs is 1. The molecule has 4 aromatic carbocycles. The molecule has 0 saturated carbocycles. The topological polar surface area (TPSA) is 77.8 Å². The Morgan fingerprint density at radius 2 is 0.963 bits per heavy atom. The van der Waals surface area contributed by atoms with Crippen LogP contribution in [0.4, 0.5) is 0 Å². The normalized spacial score (nSPS) is 9.41. The molecule has 4 nitrogen and oxygen atoms in total. The molecule has 0 atom stereocenters. The van der Waals surface area contributed by atoms with Gasteiger partial charge in [0.15, 0.2) is 0 Å². The summed E-state index contributed by atoms with van der Waals surface area (Å²) >= 11 is 0. The van der Waals surface area contributed by atoms with Crippen molar-refractivity contribution < 1.29 is 19.5 Å². The maximum absolute atomic E-state index is 9.37. The van der Waals surface area contributed by atoms with Crippen LogP contribution in [0.25, 0.3) is 21.9 Å². The Morgan fingerprint density at radius 1 is 0.556 bits per heavy atom. The predicted octanol–water partition coefficient (Wildman–Crippen LogP) is 5.53. The average Bonchev–Trinajstić information content (AvgIpc) is 2.70. The molecule has 0 aliphatic carbocycles. The molecule has 0 radical (unpaired) electrons. The lowest BCUT2D eigenvalue weighted by Crippen LogP contribution is -1.73. The molecule has 0 aromatic heterocycles. The summed E-state index contributed by atoms with van der Waals surface area (Å²) in [6.45, 7) is 0. The third-order valence-electron chi connectivity index (χ3n) is 3.65. The third-order valence-corrected chi connectivity index (χ3v) is 3.65. The third kappa shape index (κ3) is 7.00. The van der Waals surface area contributed by atoms with Gasteiger partial charge in [-0.25, -0.2) is 0 Å². The molecule has 0 saturated heterocycles. The first-order chi connectivity index (χ1) is 13.1. The first kappa shape index (κ1) is 20.3. The molecule has 4 aromatic rings. The van der Waals surface area contributed by atoms with Gasteiger partial charge in [0.2, 0.25) is 0 Å². The quantitative estimate of drug-likeness (QED) is 0.380. The van der Waals surface area contributed by atoms with Gasteiger partial charge in [0.1, 0.15) is 5.75 Å². The van der Waals surface area contributed by atoms with E-state index >= 15 is 0 Å². The van der Waals surface area contributed by atoms with Crippen LogP contribution in [0.5, 0.6) is 5.75 Å². The van der Waals surface area contributed by atoms with Crippen LogP contribution in [0.3, 0.4) is 0 Å². The van der Waals surface area contributed by atoms with Crippen LogP contribution in [-0.4, -0.2) is 14.9 Å². The van der Waals surface area contributed by atoms with Crippen molar-refractivity contribution in [2.75, 3.05) is 0 Å². The summed E-state index contributed by atoms with van der Waals surface area (Å²) in [5.74, 6) is 0.350. The number of phenolic OH excluding ortho intramolecular Hbond substituents is 1. The number of hydrogen-bond acceptors (Lipinski definition) is 2. The molecule has 27 heavy (non-hydrogen) atoms. The maximum Gasteiger partial charge on any atom is 0.692 e. The van der Waals surface area contributed by atoms with Crippen LogP contribution in [-0.2, 0) is 4.57 Å². The van der Waals surface area contributed by atoms with Gasteiger partial charge in [-0.1, -0.05) is 97.1 Å². The molecule has 0 heterocycles. The summed E-state index contributed by atoms with van der Waals surface area (Å²) in [6.07, 6.45) is 0. The van der Waals surface area contributed by atoms with Crippen molar-refractivity contribution in [3.05, 3.63) is 103 Å². The highest BCUT2D eigenvalue weighted by molar-refractivity contribution is 7.30. The van der Waals surface area contributed by atoms with E-state index < -0.39 is 8.25 Å². The number of rotatable bonds is 1. The van der Waals surface area contributed by atoms with Crippen LogP contribution in [0, 0.1) is 0 Å². The molecule has 0 aliphatic rings. The fourth-order valence-electron chi connectivity index (χ4n) is 2.47. The predicted molar refractivity (Wildman–Crippen MR) is 110 cm³/mol. The smallest absolute Gasteiger partial charge is 0.507 e. The summed E-state index contributed by atoms with van der Waals surface area (Å²) in [6, 6.07) is 34.1. The van der Waals surface area contributed by atoms with Crippen LogP contribution in [0.15, 0.2) is 103 Å². The Balaban J connectivity index is 0.000000163. The van der Waals surface area contributed by atoms with Gasteiger partial charge in [0.05, 0.1) is 0 Å². The number of aromatic hydroxyl groups is 1. The Hall–Kier alpha value is -3.04. The van der Waals surface area contributed by atoms with E-state index in [9.17, 15) is 5.11 Å². The highest BCUT2D eigenvalue weighted by Crippen LogP contribution is 2.23. The highest BCUT2D eigenvalue weighted by atomic mass is 31.1. The summed E-state index contributed by atoms with van der Waals surface area (Å²) in [7, 11) is -2.87. The molecule has 0 spiro atoms. The van der Waals surface area contributed by atoms with E-state index in [0.29, 0.717) is 5.75 Å². The molecular weight excluding hydrogens is 359 g/mol. The molecule has 0 amide bonds. The summed E-state index contributed by atoms with van der Waals surface area (Å²) in [5.41, 5.74) is 2.55. The first-order valence-corrected chi connectivity index (χ1v) is 9.36. The van der Waals surface area contributed by atoms with Crippen molar-refractivity contribution >= 4 is 19.0 Å². The van der Waals surface area contributed by atoms with E-state index in [0.717, 1.165) is 10.8 Å². The molecule has 4 rings (SSSR count). The van der Waals surface area contributed by atoms with E-state index in [1.54, 1.807) is 6.07 Å². The monoisotopic (exact) mass is 379 g/mol. The molecule has 136 valence electrons. The lowest BCUT2D eigenvalue weighted by Gasteiger charge is -1.98. The van der Waals surface area contributed by atoms with Gasteiger partial charge >= 0.3 is 8.25 Å². The largest absolute Gasteiger partial charge is 0.692 e. The number of benzene rings is 4. The molecule has 5 heteroatoms. The maximum atomic E-state index is 9.37. The summed E-state index contributed by atoms with van der Waals surface area (Å²) in [4.78, 5) is 14.2. The molecule has 3 N–H and O–H groups in total. The van der Waals surface area contributed by atoms with Gasteiger partial charge in [-0.05, 0) is 22.6 Å². The zero-order valence-corrected chi connectivity index (χ0v) is 15.4. The van der Waals surface area contributed by atoms with Crippen molar-refractivity contribution in [3.63, 3.8) is 0 Å². The van der Waals surface area contributed by atoms with Gasteiger partial charge in [-0.3, -0.25) is 0 Å². The van der Waals surface area contributed by atoms with Crippen molar-refractivity contribution in [2.45, 2.75) is 0 Å². The van der Waals surface area contributed by atoms with E-state index in [-0.39, 0.29) is 0 Å². The first-order valence-electron chi connectivity index (χ1n) is 8.20. The highest BCUT2D eigenvalue weighted by Gasteiger charge is 1.95. The minimum atomic E-state index is -2.87. The van der Waals surface area contributed by atoms with Crippen LogP contribution in [0.2, 0.25) is 0 Å². The molecule has 0 bridgehead atoms. The Bertz CT molecular complexity index is 926. The van der Waals surface area contributed by atoms with Crippen LogP contribution in [0.1, 0.15) is 0 Å². The zero-order valence-electron chi connectivity index (χ0n) is 14.5. The lowest BCUT2D eigenvalue weighted by atomic mass is 10.1. The second-order valence-corrected chi connectivity index (χ2v) is 5.99. The fourth-order valence-corrected chi connectivity index (χ4v) is 2.47. The van der Waals surface area contributed by atoms with Gasteiger partial charge in [0, 0.05) is 9.95 Å². The van der Waals surface area contributed by atoms with E-state index in [1.807, 2.05) is 48.5 Å². The minimum Gasteiger partial charge on any atom is -0.507 e. The van der Waals surface area contributed by atoms with Crippen LogP contribution >= 0.6 is 8.25 Å². The molecular formula is C22H20O4P+. The molecule has 0 fully saturated rings. The van der Waals surface area contributed by atoms with Gasteiger partial charge in [0.25, 0.3) is 0 Å². The van der Waals surface area contributed by atoms with Gasteiger partial charge in [-0.15, -0.1) is 9.79 Å². The number of phenols is 1. The van der Waals surface area contributed by atoms with Gasteiger partial charge in [-0.2, -0.15) is 0 Å². The summed E-state index contributed by atoms with van der Waals surface area (Å²) < 4.78 is 8.70. The Kier molecular flexibility index (Phi) is 8.14. The fraction of sp³-hybridized carbons (Fsp3) is 0. The Morgan fingerprint density at radius 3 is 1.44 bits per heavy atom. The lowest BCUT2D eigenvalue weighted by molar-refractivity contribution is 0.405. The Labute approximate surface area is 158 Å². The minimum absolute atomic E-state index is 0.350. The van der Waals surface area contributed by atoms with Crippen molar-refractivity contribution in [3.8, 4) is 16.9 Å². The summed E-state index contributed by atoms with van der Waals surface area (Å²) in [5, 5.41) is 11.4. The molecule has 0 unspecified atom stereocenters. The standard InChI is InChI=1S/C12H10.C10H8O.HO3P/c1-3-7-11(8-4-1)12-9-5-2-6-10-12;11-10-7-3-5-8-4-1-2-6-9(8)10;1-4(2)3/h1-10H;1-7,11H;(H-,1,2,3)/p+1. The number of hydrogen-bond donors (Lipinski definition) is 3.